The molecule has 10 aromatic rings. The molecule has 0 bridgehead atoms. The highest BCUT2D eigenvalue weighted by Crippen LogP contribution is 2.57. The fourth-order valence-corrected chi connectivity index (χ4v) is 9.68. The minimum Gasteiger partial charge on any atom is -0.334 e. The van der Waals surface area contributed by atoms with E-state index in [-0.39, 0.29) is 40.7 Å². The van der Waals surface area contributed by atoms with Crippen LogP contribution in [-0.2, 0) is 5.41 Å². The summed E-state index contributed by atoms with van der Waals surface area (Å²) >= 11 is 0. The predicted molar refractivity (Wildman–Crippen MR) is 270 cm³/mol. The van der Waals surface area contributed by atoms with Crippen molar-refractivity contribution in [2.75, 3.05) is 4.90 Å². The van der Waals surface area contributed by atoms with E-state index in [9.17, 15) is 13.7 Å². The first-order valence-electron chi connectivity index (χ1n) is 27.5. The molecule has 302 valence electrons. The van der Waals surface area contributed by atoms with Gasteiger partial charge in [-0.25, -0.2) is 0 Å². The Morgan fingerprint density at radius 2 is 0.984 bits per heavy atom. The standard InChI is InChI=1S/C63H45N/c1-4-16-44(17-5-1)45-28-30-46(31-29-45)47-32-36-52(37-33-47)64(53-38-34-48(35-39-53)60-42-49-18-10-11-23-55(49)56-24-12-13-25-57(56)60)54-40-41-59-58-26-14-15-27-61(58)63(62(59)43-54,50-19-6-2-7-20-50)51-21-8-3-9-22-51/h1-38,40-43,53H,39H2/i28D,29D,30D,31D,32D,33D,34D,35D,36D,37D,38D,39D. The largest absolute Gasteiger partial charge is 0.334 e. The number of rotatable bonds is 8. The topological polar surface area (TPSA) is 3.24 Å². The molecule has 1 nitrogen and oxygen atoms in total. The minimum absolute atomic E-state index is 0.0216. The Morgan fingerprint density at radius 3 is 1.69 bits per heavy atom. The summed E-state index contributed by atoms with van der Waals surface area (Å²) in [7, 11) is 0. The zero-order valence-electron chi connectivity index (χ0n) is 46.5. The molecule has 0 saturated carbocycles. The summed E-state index contributed by atoms with van der Waals surface area (Å²) in [5.74, 6) is 0. The second kappa shape index (κ2) is 15.7. The van der Waals surface area contributed by atoms with E-state index in [2.05, 4.69) is 36.4 Å². The van der Waals surface area contributed by atoms with Gasteiger partial charge in [-0.1, -0.05) is 224 Å². The molecule has 0 fully saturated rings. The van der Waals surface area contributed by atoms with Crippen LogP contribution in [0.15, 0.2) is 255 Å². The predicted octanol–water partition coefficient (Wildman–Crippen LogP) is 16.2. The lowest BCUT2D eigenvalue weighted by Gasteiger charge is -2.36. The van der Waals surface area contributed by atoms with E-state index in [0.29, 0.717) is 11.1 Å². The van der Waals surface area contributed by atoms with Crippen LogP contribution in [0.3, 0.4) is 0 Å². The van der Waals surface area contributed by atoms with Crippen LogP contribution in [0, 0.1) is 0 Å². The first kappa shape index (κ1) is 27.1. The fourth-order valence-electron chi connectivity index (χ4n) is 9.68. The van der Waals surface area contributed by atoms with Crippen LogP contribution in [0.2, 0.25) is 0 Å². The highest BCUT2D eigenvalue weighted by Gasteiger charge is 2.46. The van der Waals surface area contributed by atoms with Gasteiger partial charge in [0.15, 0.2) is 0 Å². The highest BCUT2D eigenvalue weighted by molar-refractivity contribution is 6.12. The van der Waals surface area contributed by atoms with Crippen LogP contribution >= 0.6 is 0 Å². The lowest BCUT2D eigenvalue weighted by atomic mass is 9.67. The van der Waals surface area contributed by atoms with Gasteiger partial charge in [-0.05, 0) is 125 Å². The maximum absolute atomic E-state index is 10.1. The van der Waals surface area contributed by atoms with Gasteiger partial charge in [0.25, 0.3) is 0 Å². The fraction of sp³-hybridized carbons (Fsp3) is 0.0476. The third-order valence-corrected chi connectivity index (χ3v) is 12.6. The molecule has 2 aliphatic carbocycles. The van der Waals surface area contributed by atoms with Gasteiger partial charge in [0.2, 0.25) is 0 Å². The Labute approximate surface area is 392 Å². The first-order chi connectivity index (χ1) is 36.8. The molecule has 0 heterocycles. The summed E-state index contributed by atoms with van der Waals surface area (Å²) in [6.45, 7) is 0. The Balaban J connectivity index is 1.13. The number of hydrogen-bond donors (Lipinski definition) is 0. The van der Waals surface area contributed by atoms with Gasteiger partial charge in [0.1, 0.15) is 0 Å². The van der Waals surface area contributed by atoms with Gasteiger partial charge in [0.05, 0.1) is 26.5 Å². The van der Waals surface area contributed by atoms with Gasteiger partial charge in [-0.15, -0.1) is 0 Å². The van der Waals surface area contributed by atoms with Crippen LogP contribution in [0.5, 0.6) is 0 Å². The van der Waals surface area contributed by atoms with Gasteiger partial charge in [0, 0.05) is 12.7 Å². The number of anilines is 2. The molecule has 0 radical (unpaired) electrons. The number of benzene rings is 10. The van der Waals surface area contributed by atoms with E-state index in [0.717, 1.165) is 54.9 Å². The molecule has 2 aliphatic rings. The van der Waals surface area contributed by atoms with E-state index < -0.39 is 77.3 Å². The second-order valence-electron chi connectivity index (χ2n) is 16.1. The van der Waals surface area contributed by atoms with Crippen LogP contribution in [0.4, 0.5) is 11.4 Å². The third-order valence-electron chi connectivity index (χ3n) is 12.6. The van der Waals surface area contributed by atoms with E-state index in [4.69, 9.17) is 2.74 Å². The number of hydrogen-bond acceptors (Lipinski definition) is 1. The summed E-state index contributed by atoms with van der Waals surface area (Å²) in [5, 5.41) is 3.42. The average molecular weight is 828 g/mol. The van der Waals surface area contributed by atoms with E-state index in [1.807, 2.05) is 115 Å². The number of fused-ring (bicyclic) bond motifs is 6. The molecule has 0 spiro atoms. The Morgan fingerprint density at radius 1 is 0.438 bits per heavy atom. The minimum atomic E-state index is -1.64. The Hall–Kier alpha value is -8.00. The van der Waals surface area contributed by atoms with E-state index in [1.54, 1.807) is 36.4 Å². The molecule has 0 aliphatic heterocycles. The number of nitrogens with zero attached hydrogens (tertiary/aromatic N) is 1. The first-order valence-corrected chi connectivity index (χ1v) is 21.4. The lowest BCUT2D eigenvalue weighted by molar-refractivity contribution is 0.761. The zero-order chi connectivity index (χ0) is 52.9. The van der Waals surface area contributed by atoms with Crippen molar-refractivity contribution in [3.63, 3.8) is 0 Å². The van der Waals surface area contributed by atoms with Crippen LogP contribution in [-0.4, -0.2) is 6.04 Å². The molecule has 64 heavy (non-hydrogen) atoms. The van der Waals surface area contributed by atoms with Crippen LogP contribution in [0.1, 0.15) is 50.7 Å². The van der Waals surface area contributed by atoms with Crippen molar-refractivity contribution in [3.05, 3.63) is 282 Å². The summed E-state index contributed by atoms with van der Waals surface area (Å²) < 4.78 is 116. The SMILES string of the molecule is [2H]C1=C([2H])C(N(c2ccc3c(c2)C(c2ccccc2)(c2ccccc2)c2ccccc2-3)c2c([2H])c([2H])c(-c3c([2H])c([2H])c(-c4ccccc4)c([2H])c3[2H])c([2H])c2[2H])C([2H])C([2H])=C1c1cc2ccccc2c2ccccc12. The van der Waals surface area contributed by atoms with Crippen LogP contribution in [0.25, 0.3) is 60.5 Å². The molecule has 10 aromatic carbocycles. The molecular weight excluding hydrogens is 771 g/mol. The highest BCUT2D eigenvalue weighted by atomic mass is 15.2. The molecule has 12 rings (SSSR count). The van der Waals surface area contributed by atoms with Gasteiger partial charge < -0.3 is 4.90 Å². The summed E-state index contributed by atoms with van der Waals surface area (Å²) in [5.41, 5.74) is 4.67. The summed E-state index contributed by atoms with van der Waals surface area (Å²) in [4.78, 5) is 1.40. The monoisotopic (exact) mass is 827 g/mol. The maximum atomic E-state index is 10.1. The summed E-state index contributed by atoms with van der Waals surface area (Å²) in [6.07, 6.45) is -1.64. The zero-order valence-corrected chi connectivity index (χ0v) is 34.5. The van der Waals surface area contributed by atoms with Crippen molar-refractivity contribution in [1.82, 2.24) is 0 Å². The van der Waals surface area contributed by atoms with Crippen molar-refractivity contribution in [2.24, 2.45) is 0 Å². The Bertz CT molecular complexity index is 4000. The van der Waals surface area contributed by atoms with Gasteiger partial charge >= 0.3 is 0 Å². The average Bonchev–Trinajstić information content (AvgIpc) is 3.99. The van der Waals surface area contributed by atoms with E-state index >= 15 is 0 Å². The number of allylic oxidation sites excluding steroid dienone is 2. The van der Waals surface area contributed by atoms with Crippen molar-refractivity contribution in [3.8, 4) is 33.4 Å². The maximum Gasteiger partial charge on any atom is 0.0714 e. The molecular formula is C63H45N. The smallest absolute Gasteiger partial charge is 0.0714 e. The van der Waals surface area contributed by atoms with Crippen LogP contribution < -0.4 is 4.90 Å². The molecule has 0 aromatic heterocycles. The molecule has 0 amide bonds. The molecule has 1 heteroatoms. The van der Waals surface area contributed by atoms with Crippen molar-refractivity contribution < 1.29 is 16.4 Å². The molecule has 2 atom stereocenters. The quantitative estimate of drug-likeness (QED) is 0.138. The normalized spacial score (nSPS) is 19.1. The molecule has 0 saturated heterocycles. The Kier molecular flexibility index (Phi) is 6.67. The lowest BCUT2D eigenvalue weighted by Crippen LogP contribution is -2.31. The van der Waals surface area contributed by atoms with Crippen molar-refractivity contribution >= 4 is 38.5 Å². The van der Waals surface area contributed by atoms with Crippen molar-refractivity contribution in [2.45, 2.75) is 17.9 Å². The van der Waals surface area contributed by atoms with Gasteiger partial charge in [-0.3, -0.25) is 0 Å². The molecule has 0 N–H and O–H groups in total. The second-order valence-corrected chi connectivity index (χ2v) is 16.1. The molecule has 2 unspecified atom stereocenters. The third kappa shape index (κ3) is 6.23. The van der Waals surface area contributed by atoms with Gasteiger partial charge in [-0.2, -0.15) is 0 Å². The summed E-state index contributed by atoms with van der Waals surface area (Å²) in [6, 6.07) is 52.5. The van der Waals surface area contributed by atoms with E-state index in [1.165, 1.54) is 4.90 Å². The van der Waals surface area contributed by atoms with Crippen molar-refractivity contribution in [1.29, 1.82) is 0 Å².